The number of rotatable bonds is 5. The fraction of sp³-hybridized carbons (Fsp3) is 0.143. The molecule has 0 saturated carbocycles. The number of ether oxygens (including phenoxy) is 1. The number of methoxy groups -OCH3 is 1. The van der Waals surface area contributed by atoms with Crippen molar-refractivity contribution >= 4 is 39.9 Å². The van der Waals surface area contributed by atoms with Crippen molar-refractivity contribution in [2.45, 2.75) is 12.8 Å². The molecular weight excluding hydrogens is 390 g/mol. The summed E-state index contributed by atoms with van der Waals surface area (Å²) in [6.45, 7) is 0. The minimum Gasteiger partial charge on any atom is -0.497 e. The molecule has 2 heterocycles. The van der Waals surface area contributed by atoms with Crippen LogP contribution < -0.4 is 15.0 Å². The molecule has 4 rings (SSSR count). The summed E-state index contributed by atoms with van der Waals surface area (Å²) in [6, 6.07) is 13.9. The molecule has 1 aromatic heterocycles. The lowest BCUT2D eigenvalue weighted by molar-refractivity contribution is -0.121. The van der Waals surface area contributed by atoms with Crippen molar-refractivity contribution in [1.29, 1.82) is 0 Å². The van der Waals surface area contributed by atoms with Crippen LogP contribution in [0, 0.1) is 0 Å². The highest BCUT2D eigenvalue weighted by molar-refractivity contribution is 7.14. The predicted molar refractivity (Wildman–Crippen MR) is 110 cm³/mol. The van der Waals surface area contributed by atoms with Gasteiger partial charge in [-0.1, -0.05) is 6.07 Å². The van der Waals surface area contributed by atoms with Crippen LogP contribution in [-0.4, -0.2) is 29.8 Å². The Bertz CT molecular complexity index is 1080. The lowest BCUT2D eigenvalue weighted by Gasteiger charge is -2.14. The van der Waals surface area contributed by atoms with E-state index < -0.39 is 0 Å². The van der Waals surface area contributed by atoms with Crippen LogP contribution in [-0.2, 0) is 9.59 Å². The minimum atomic E-state index is -0.360. The van der Waals surface area contributed by atoms with Crippen molar-refractivity contribution in [2.75, 3.05) is 17.3 Å². The average Bonchev–Trinajstić information content (AvgIpc) is 3.34. The van der Waals surface area contributed by atoms with E-state index in [4.69, 9.17) is 4.74 Å². The molecule has 7 nitrogen and oxygen atoms in total. The van der Waals surface area contributed by atoms with E-state index in [0.717, 1.165) is 21.9 Å². The quantitative estimate of drug-likeness (QED) is 0.651. The van der Waals surface area contributed by atoms with Crippen molar-refractivity contribution in [2.24, 2.45) is 0 Å². The van der Waals surface area contributed by atoms with Crippen molar-refractivity contribution in [1.82, 2.24) is 4.98 Å². The van der Waals surface area contributed by atoms with Gasteiger partial charge in [0.2, 0.25) is 11.8 Å². The maximum atomic E-state index is 12.6. The largest absolute Gasteiger partial charge is 0.497 e. The van der Waals surface area contributed by atoms with Crippen LogP contribution in [0.25, 0.3) is 11.3 Å². The molecule has 3 aromatic rings. The third kappa shape index (κ3) is 3.88. The van der Waals surface area contributed by atoms with E-state index in [1.807, 2.05) is 29.6 Å². The van der Waals surface area contributed by atoms with Gasteiger partial charge in [0.1, 0.15) is 5.75 Å². The van der Waals surface area contributed by atoms with Crippen LogP contribution in [0.15, 0.2) is 53.9 Å². The molecule has 1 aliphatic rings. The summed E-state index contributed by atoms with van der Waals surface area (Å²) >= 11 is 1.31. The molecule has 8 heteroatoms. The molecule has 0 unspecified atom stereocenters. The second-order valence-electron chi connectivity index (χ2n) is 6.39. The molecule has 0 radical (unpaired) electrons. The molecule has 0 atom stereocenters. The molecule has 0 bridgehead atoms. The Hall–Kier alpha value is -3.52. The van der Waals surface area contributed by atoms with Gasteiger partial charge < -0.3 is 4.74 Å². The van der Waals surface area contributed by atoms with Gasteiger partial charge >= 0.3 is 0 Å². The highest BCUT2D eigenvalue weighted by atomic mass is 32.1. The van der Waals surface area contributed by atoms with Crippen LogP contribution in [0.2, 0.25) is 0 Å². The number of thiazole rings is 1. The lowest BCUT2D eigenvalue weighted by Crippen LogP contribution is -2.28. The fourth-order valence-corrected chi connectivity index (χ4v) is 3.76. The number of carbonyl (C=O) groups excluding carboxylic acids is 3. The van der Waals surface area contributed by atoms with Crippen molar-refractivity contribution in [3.63, 3.8) is 0 Å². The normalized spacial score (nSPS) is 13.6. The Balaban J connectivity index is 1.50. The van der Waals surface area contributed by atoms with Crippen molar-refractivity contribution in [3.8, 4) is 17.0 Å². The number of nitrogens with zero attached hydrogens (tertiary/aromatic N) is 2. The molecule has 1 fully saturated rings. The van der Waals surface area contributed by atoms with Gasteiger partial charge in [-0.25, -0.2) is 4.98 Å². The average molecular weight is 407 g/mol. The second-order valence-corrected chi connectivity index (χ2v) is 7.25. The molecular formula is C21H17N3O4S. The number of carbonyl (C=O) groups is 3. The zero-order chi connectivity index (χ0) is 20.4. The van der Waals surface area contributed by atoms with Crippen molar-refractivity contribution < 1.29 is 19.1 Å². The molecule has 2 aromatic carbocycles. The van der Waals surface area contributed by atoms with Crippen LogP contribution >= 0.6 is 11.3 Å². The van der Waals surface area contributed by atoms with Gasteiger partial charge in [0, 0.05) is 29.3 Å². The van der Waals surface area contributed by atoms with Gasteiger partial charge in [-0.2, -0.15) is 0 Å². The molecule has 1 saturated heterocycles. The molecule has 146 valence electrons. The van der Waals surface area contributed by atoms with E-state index in [9.17, 15) is 14.4 Å². The third-order valence-electron chi connectivity index (χ3n) is 4.53. The smallest absolute Gasteiger partial charge is 0.257 e. The predicted octanol–water partition coefficient (Wildman–Crippen LogP) is 3.72. The number of hydrogen-bond donors (Lipinski definition) is 1. The van der Waals surface area contributed by atoms with E-state index >= 15 is 0 Å². The second kappa shape index (κ2) is 7.84. The van der Waals surface area contributed by atoms with E-state index in [-0.39, 0.29) is 30.6 Å². The maximum Gasteiger partial charge on any atom is 0.257 e. The molecule has 1 aliphatic heterocycles. The number of imide groups is 1. The van der Waals surface area contributed by atoms with Gasteiger partial charge in [0.15, 0.2) is 5.13 Å². The summed E-state index contributed by atoms with van der Waals surface area (Å²) in [5.41, 5.74) is 2.41. The highest BCUT2D eigenvalue weighted by Crippen LogP contribution is 2.27. The van der Waals surface area contributed by atoms with Crippen LogP contribution in [0.4, 0.5) is 10.8 Å². The fourth-order valence-electron chi connectivity index (χ4n) is 3.05. The summed E-state index contributed by atoms with van der Waals surface area (Å²) in [5, 5.41) is 5.08. The molecule has 0 spiro atoms. The van der Waals surface area contributed by atoms with E-state index in [2.05, 4.69) is 10.3 Å². The Morgan fingerprint density at radius 1 is 1.10 bits per heavy atom. The van der Waals surface area contributed by atoms with Crippen LogP contribution in [0.1, 0.15) is 23.2 Å². The standard InChI is InChI=1S/C21H17N3O4S/c1-28-16-7-5-13(6-8-16)17-12-29-21(22-17)23-20(27)14-3-2-4-15(11-14)24-18(25)9-10-19(24)26/h2-8,11-12H,9-10H2,1H3,(H,22,23,27). The Labute approximate surface area is 170 Å². The molecule has 1 N–H and O–H groups in total. The maximum absolute atomic E-state index is 12.6. The van der Waals surface area contributed by atoms with Crippen LogP contribution in [0.5, 0.6) is 5.75 Å². The number of hydrogen-bond acceptors (Lipinski definition) is 6. The summed E-state index contributed by atoms with van der Waals surface area (Å²) in [4.78, 5) is 42.1. The first-order valence-electron chi connectivity index (χ1n) is 8.92. The Kier molecular flexibility index (Phi) is 5.09. The SMILES string of the molecule is COc1ccc(-c2csc(NC(=O)c3cccc(N4C(=O)CCC4=O)c3)n2)cc1. The van der Waals surface area contributed by atoms with Gasteiger partial charge in [-0.15, -0.1) is 11.3 Å². The lowest BCUT2D eigenvalue weighted by atomic mass is 10.1. The summed E-state index contributed by atoms with van der Waals surface area (Å²) in [6.07, 6.45) is 0.394. The Morgan fingerprint density at radius 3 is 2.52 bits per heavy atom. The molecule has 3 amide bonds. The first-order chi connectivity index (χ1) is 14.0. The van der Waals surface area contributed by atoms with Gasteiger partial charge in [-0.3, -0.25) is 24.6 Å². The Morgan fingerprint density at radius 2 is 1.83 bits per heavy atom. The zero-order valence-corrected chi connectivity index (χ0v) is 16.4. The molecule has 29 heavy (non-hydrogen) atoms. The van der Waals surface area contributed by atoms with Crippen LogP contribution in [0.3, 0.4) is 0 Å². The number of nitrogens with one attached hydrogen (secondary N) is 1. The number of benzene rings is 2. The number of anilines is 2. The van der Waals surface area contributed by atoms with Gasteiger partial charge in [0.25, 0.3) is 5.91 Å². The third-order valence-corrected chi connectivity index (χ3v) is 5.29. The summed E-state index contributed by atoms with van der Waals surface area (Å²) in [5.74, 6) is -0.109. The summed E-state index contributed by atoms with van der Waals surface area (Å²) in [7, 11) is 1.61. The monoisotopic (exact) mass is 407 g/mol. The van der Waals surface area contributed by atoms with E-state index in [1.54, 1.807) is 25.3 Å². The van der Waals surface area contributed by atoms with Gasteiger partial charge in [-0.05, 0) is 42.5 Å². The minimum absolute atomic E-state index is 0.197. The highest BCUT2D eigenvalue weighted by Gasteiger charge is 2.30. The zero-order valence-electron chi connectivity index (χ0n) is 15.5. The van der Waals surface area contributed by atoms with Gasteiger partial charge in [0.05, 0.1) is 18.5 Å². The number of amides is 3. The first kappa shape index (κ1) is 18.8. The van der Waals surface area contributed by atoms with E-state index in [1.165, 1.54) is 17.4 Å². The topological polar surface area (TPSA) is 88.6 Å². The number of aromatic nitrogens is 1. The summed E-state index contributed by atoms with van der Waals surface area (Å²) < 4.78 is 5.15. The van der Waals surface area contributed by atoms with E-state index in [0.29, 0.717) is 16.4 Å². The van der Waals surface area contributed by atoms with Crippen molar-refractivity contribution in [3.05, 3.63) is 59.5 Å². The first-order valence-corrected chi connectivity index (χ1v) is 9.80. The molecule has 0 aliphatic carbocycles.